The number of fused-ring (bicyclic) bond motifs is 1. The van der Waals surface area contributed by atoms with Gasteiger partial charge in [-0.25, -0.2) is 4.98 Å². The van der Waals surface area contributed by atoms with E-state index in [9.17, 15) is 0 Å². The number of aromatic nitrogens is 4. The SMILES string of the molecule is c1cncc(CCNc2cc(-c3cccc4[nH]ccc34)nc(N3CCOCC3)n2)c1. The number of pyridine rings is 1. The van der Waals surface area contributed by atoms with Crippen molar-refractivity contribution in [2.75, 3.05) is 43.1 Å². The molecule has 4 aromatic rings. The van der Waals surface area contributed by atoms with E-state index in [4.69, 9.17) is 14.7 Å². The van der Waals surface area contributed by atoms with E-state index in [1.54, 1.807) is 6.20 Å². The zero-order chi connectivity index (χ0) is 20.2. The first-order chi connectivity index (χ1) is 14.9. The zero-order valence-corrected chi connectivity index (χ0v) is 16.7. The van der Waals surface area contributed by atoms with Crippen LogP contribution in [0.3, 0.4) is 0 Å². The van der Waals surface area contributed by atoms with E-state index in [-0.39, 0.29) is 0 Å². The Morgan fingerprint density at radius 1 is 1.07 bits per heavy atom. The van der Waals surface area contributed by atoms with Crippen molar-refractivity contribution in [2.24, 2.45) is 0 Å². The third-order valence-corrected chi connectivity index (χ3v) is 5.32. The number of nitrogens with one attached hydrogen (secondary N) is 2. The van der Waals surface area contributed by atoms with Crippen LogP contribution in [0.5, 0.6) is 0 Å². The molecule has 1 fully saturated rings. The van der Waals surface area contributed by atoms with Crippen LogP contribution in [0.2, 0.25) is 0 Å². The Balaban J connectivity index is 1.46. The largest absolute Gasteiger partial charge is 0.378 e. The van der Waals surface area contributed by atoms with E-state index in [1.165, 1.54) is 5.56 Å². The number of H-pyrrole nitrogens is 1. The normalized spacial score (nSPS) is 14.2. The zero-order valence-electron chi connectivity index (χ0n) is 16.7. The van der Waals surface area contributed by atoms with Gasteiger partial charge in [-0.3, -0.25) is 4.98 Å². The topological polar surface area (TPSA) is 79.0 Å². The summed E-state index contributed by atoms with van der Waals surface area (Å²) in [5.41, 5.74) is 4.32. The third-order valence-electron chi connectivity index (χ3n) is 5.32. The fourth-order valence-electron chi connectivity index (χ4n) is 3.76. The molecule has 7 heteroatoms. The highest BCUT2D eigenvalue weighted by molar-refractivity contribution is 5.94. The molecular formula is C23H24N6O. The smallest absolute Gasteiger partial charge is 0.228 e. The predicted octanol–water partition coefficient (Wildman–Crippen LogP) is 3.51. The Morgan fingerprint density at radius 2 is 2.00 bits per heavy atom. The summed E-state index contributed by atoms with van der Waals surface area (Å²) in [6, 6.07) is 14.4. The Labute approximate surface area is 175 Å². The first-order valence-corrected chi connectivity index (χ1v) is 10.3. The van der Waals surface area contributed by atoms with Crippen LogP contribution in [-0.2, 0) is 11.2 Å². The van der Waals surface area contributed by atoms with E-state index in [1.807, 2.05) is 24.5 Å². The van der Waals surface area contributed by atoms with Crippen molar-refractivity contribution in [1.82, 2.24) is 19.9 Å². The molecular weight excluding hydrogens is 376 g/mol. The van der Waals surface area contributed by atoms with Crippen molar-refractivity contribution < 1.29 is 4.74 Å². The highest BCUT2D eigenvalue weighted by atomic mass is 16.5. The van der Waals surface area contributed by atoms with Crippen LogP contribution in [0, 0.1) is 0 Å². The minimum absolute atomic E-state index is 0.699. The van der Waals surface area contributed by atoms with Gasteiger partial charge in [0.05, 0.1) is 18.9 Å². The van der Waals surface area contributed by atoms with Gasteiger partial charge in [0.25, 0.3) is 0 Å². The lowest BCUT2D eigenvalue weighted by Gasteiger charge is -2.27. The molecule has 0 saturated carbocycles. The van der Waals surface area contributed by atoms with Gasteiger partial charge in [0.2, 0.25) is 5.95 Å². The number of nitrogens with zero attached hydrogens (tertiary/aromatic N) is 4. The maximum atomic E-state index is 5.50. The molecule has 1 aliphatic heterocycles. The molecule has 4 heterocycles. The van der Waals surface area contributed by atoms with Crippen molar-refractivity contribution in [3.8, 4) is 11.3 Å². The number of hydrogen-bond donors (Lipinski definition) is 2. The van der Waals surface area contributed by atoms with Gasteiger partial charge in [-0.1, -0.05) is 18.2 Å². The maximum Gasteiger partial charge on any atom is 0.228 e. The van der Waals surface area contributed by atoms with E-state index < -0.39 is 0 Å². The van der Waals surface area contributed by atoms with Crippen LogP contribution in [-0.4, -0.2) is 52.8 Å². The first-order valence-electron chi connectivity index (χ1n) is 10.3. The van der Waals surface area contributed by atoms with Gasteiger partial charge in [-0.15, -0.1) is 0 Å². The summed E-state index contributed by atoms with van der Waals surface area (Å²) in [5.74, 6) is 1.57. The van der Waals surface area contributed by atoms with Crippen LogP contribution in [0.4, 0.5) is 11.8 Å². The molecule has 0 amide bonds. The Kier molecular flexibility index (Phi) is 5.26. The average molecular weight is 400 g/mol. The second-order valence-corrected chi connectivity index (χ2v) is 7.32. The van der Waals surface area contributed by atoms with Crippen molar-refractivity contribution in [3.05, 3.63) is 66.6 Å². The fourth-order valence-corrected chi connectivity index (χ4v) is 3.76. The highest BCUT2D eigenvalue weighted by Gasteiger charge is 2.17. The minimum Gasteiger partial charge on any atom is -0.378 e. The first kappa shape index (κ1) is 18.6. The lowest BCUT2D eigenvalue weighted by Crippen LogP contribution is -2.37. The molecule has 5 rings (SSSR count). The fraction of sp³-hybridized carbons (Fsp3) is 0.261. The molecule has 0 unspecified atom stereocenters. The molecule has 0 radical (unpaired) electrons. The quantitative estimate of drug-likeness (QED) is 0.516. The lowest BCUT2D eigenvalue weighted by molar-refractivity contribution is 0.122. The van der Waals surface area contributed by atoms with Crippen LogP contribution in [0.25, 0.3) is 22.2 Å². The molecule has 1 aromatic carbocycles. The molecule has 30 heavy (non-hydrogen) atoms. The summed E-state index contributed by atoms with van der Waals surface area (Å²) in [6.45, 7) is 3.77. The second kappa shape index (κ2) is 8.51. The van der Waals surface area contributed by atoms with E-state index in [0.29, 0.717) is 13.2 Å². The summed E-state index contributed by atoms with van der Waals surface area (Å²) in [4.78, 5) is 19.4. The van der Waals surface area contributed by atoms with Gasteiger partial charge in [0.1, 0.15) is 5.82 Å². The van der Waals surface area contributed by atoms with Gasteiger partial charge >= 0.3 is 0 Å². The van der Waals surface area contributed by atoms with Crippen molar-refractivity contribution in [2.45, 2.75) is 6.42 Å². The Bertz CT molecular complexity index is 1120. The number of rotatable bonds is 6. The number of benzene rings is 1. The summed E-state index contributed by atoms with van der Waals surface area (Å²) in [7, 11) is 0. The van der Waals surface area contributed by atoms with Gasteiger partial charge in [0, 0.05) is 60.8 Å². The molecule has 1 aliphatic rings. The van der Waals surface area contributed by atoms with Crippen LogP contribution >= 0.6 is 0 Å². The van der Waals surface area contributed by atoms with E-state index in [2.05, 4.69) is 50.5 Å². The molecule has 0 atom stereocenters. The number of ether oxygens (including phenoxy) is 1. The number of morpholine rings is 1. The Hall–Kier alpha value is -3.45. The van der Waals surface area contributed by atoms with Crippen molar-refractivity contribution in [3.63, 3.8) is 0 Å². The molecule has 3 aromatic heterocycles. The number of hydrogen-bond acceptors (Lipinski definition) is 6. The van der Waals surface area contributed by atoms with E-state index >= 15 is 0 Å². The molecule has 0 aliphatic carbocycles. The summed E-state index contributed by atoms with van der Waals surface area (Å²) >= 11 is 0. The van der Waals surface area contributed by atoms with Crippen LogP contribution < -0.4 is 10.2 Å². The molecule has 0 bridgehead atoms. The van der Waals surface area contributed by atoms with Crippen LogP contribution in [0.1, 0.15) is 5.56 Å². The van der Waals surface area contributed by atoms with E-state index in [0.717, 1.165) is 60.0 Å². The van der Waals surface area contributed by atoms with Crippen LogP contribution in [0.15, 0.2) is 61.1 Å². The predicted molar refractivity (Wildman–Crippen MR) is 119 cm³/mol. The third kappa shape index (κ3) is 3.97. The van der Waals surface area contributed by atoms with Gasteiger partial charge in [-0.05, 0) is 30.2 Å². The molecule has 0 spiro atoms. The number of aromatic amines is 1. The summed E-state index contributed by atoms with van der Waals surface area (Å²) < 4.78 is 5.50. The number of anilines is 2. The maximum absolute atomic E-state index is 5.50. The molecule has 152 valence electrons. The van der Waals surface area contributed by atoms with Crippen molar-refractivity contribution >= 4 is 22.7 Å². The Morgan fingerprint density at radius 3 is 2.87 bits per heavy atom. The molecule has 1 saturated heterocycles. The van der Waals surface area contributed by atoms with Crippen molar-refractivity contribution in [1.29, 1.82) is 0 Å². The summed E-state index contributed by atoms with van der Waals surface area (Å²) in [5, 5.41) is 4.64. The second-order valence-electron chi connectivity index (χ2n) is 7.32. The monoisotopic (exact) mass is 400 g/mol. The minimum atomic E-state index is 0.699. The lowest BCUT2D eigenvalue weighted by atomic mass is 10.1. The molecule has 2 N–H and O–H groups in total. The van der Waals surface area contributed by atoms with Gasteiger partial charge in [-0.2, -0.15) is 4.98 Å². The summed E-state index contributed by atoms with van der Waals surface area (Å²) in [6.07, 6.45) is 6.54. The standard InChI is InChI=1S/C23H24N6O/c1-4-18(19-7-10-25-20(19)5-1)21-15-22(26-9-6-17-3-2-8-24-16-17)28-23(27-21)29-11-13-30-14-12-29/h1-5,7-8,10,15-16,25H,6,9,11-14H2,(H,26,27,28). The molecule has 7 nitrogen and oxygen atoms in total. The average Bonchev–Trinajstić information content (AvgIpc) is 3.29. The van der Waals surface area contributed by atoms with Gasteiger partial charge in [0.15, 0.2) is 0 Å². The highest BCUT2D eigenvalue weighted by Crippen LogP contribution is 2.29. The van der Waals surface area contributed by atoms with Gasteiger partial charge < -0.3 is 19.9 Å².